The molecule has 0 aromatic carbocycles. The molecular weight excluding hydrogens is 220 g/mol. The Morgan fingerprint density at radius 1 is 1.18 bits per heavy atom. The minimum Gasteiger partial charge on any atom is -0.380 e. The van der Waals surface area contributed by atoms with Gasteiger partial charge in [-0.05, 0) is 13.8 Å². The van der Waals surface area contributed by atoms with Gasteiger partial charge in [0.1, 0.15) is 0 Å². The predicted octanol–water partition coefficient (Wildman–Crippen LogP) is 0.483. The third-order valence-electron chi connectivity index (χ3n) is 2.51. The van der Waals surface area contributed by atoms with Gasteiger partial charge in [-0.3, -0.25) is 4.79 Å². The van der Waals surface area contributed by atoms with Gasteiger partial charge in [-0.15, -0.1) is 0 Å². The smallest absolute Gasteiger partial charge is 0.226 e. The second kappa shape index (κ2) is 10.5. The molecule has 5 heteroatoms. The Morgan fingerprint density at radius 2 is 1.65 bits per heavy atom. The van der Waals surface area contributed by atoms with Gasteiger partial charge in [-0.2, -0.15) is 0 Å². The summed E-state index contributed by atoms with van der Waals surface area (Å²) in [6.07, 6.45) is 0. The molecular formula is C12H26N2O3. The van der Waals surface area contributed by atoms with E-state index >= 15 is 0 Å². The zero-order valence-electron chi connectivity index (χ0n) is 11.3. The van der Waals surface area contributed by atoms with Crippen LogP contribution in [0.4, 0.5) is 0 Å². The first kappa shape index (κ1) is 16.4. The molecule has 0 heterocycles. The van der Waals surface area contributed by atoms with Crippen LogP contribution in [0, 0.1) is 5.92 Å². The van der Waals surface area contributed by atoms with E-state index in [0.717, 1.165) is 0 Å². The Kier molecular flexibility index (Phi) is 10.1. The fraction of sp³-hybridized carbons (Fsp3) is 0.917. The van der Waals surface area contributed by atoms with Gasteiger partial charge >= 0.3 is 0 Å². The number of carbonyl (C=O) groups is 1. The van der Waals surface area contributed by atoms with Crippen molar-refractivity contribution in [2.45, 2.75) is 20.8 Å². The Hall–Kier alpha value is -0.650. The summed E-state index contributed by atoms with van der Waals surface area (Å²) in [7, 11) is 0. The number of nitrogens with zero attached hydrogens (tertiary/aromatic N) is 1. The summed E-state index contributed by atoms with van der Waals surface area (Å²) >= 11 is 0. The third kappa shape index (κ3) is 7.31. The van der Waals surface area contributed by atoms with Crippen LogP contribution >= 0.6 is 0 Å². The SMILES string of the molecule is CCOCCN(CCOCC)C(=O)C(C)CN. The van der Waals surface area contributed by atoms with Crippen LogP contribution in [0.1, 0.15) is 20.8 Å². The van der Waals surface area contributed by atoms with E-state index in [-0.39, 0.29) is 11.8 Å². The maximum atomic E-state index is 12.0. The molecule has 1 atom stereocenters. The van der Waals surface area contributed by atoms with Crippen molar-refractivity contribution in [3.05, 3.63) is 0 Å². The van der Waals surface area contributed by atoms with Gasteiger partial charge < -0.3 is 20.1 Å². The molecule has 0 spiro atoms. The van der Waals surface area contributed by atoms with Gasteiger partial charge in [0.25, 0.3) is 0 Å². The van der Waals surface area contributed by atoms with E-state index in [0.29, 0.717) is 46.1 Å². The van der Waals surface area contributed by atoms with E-state index in [9.17, 15) is 4.79 Å². The Morgan fingerprint density at radius 3 is 2.00 bits per heavy atom. The highest BCUT2D eigenvalue weighted by Gasteiger charge is 2.18. The van der Waals surface area contributed by atoms with Crippen LogP contribution in [0.15, 0.2) is 0 Å². The van der Waals surface area contributed by atoms with E-state index in [1.807, 2.05) is 20.8 Å². The van der Waals surface area contributed by atoms with Crippen LogP contribution in [0.5, 0.6) is 0 Å². The van der Waals surface area contributed by atoms with Crippen molar-refractivity contribution in [3.8, 4) is 0 Å². The molecule has 0 bridgehead atoms. The normalized spacial score (nSPS) is 12.5. The second-order valence-electron chi connectivity index (χ2n) is 3.86. The molecule has 2 N–H and O–H groups in total. The Labute approximate surface area is 104 Å². The number of ether oxygens (including phenoxy) is 2. The molecule has 0 aromatic rings. The Bertz CT molecular complexity index is 190. The van der Waals surface area contributed by atoms with Crippen LogP contribution in [0.2, 0.25) is 0 Å². The van der Waals surface area contributed by atoms with Crippen molar-refractivity contribution in [2.75, 3.05) is 46.1 Å². The Balaban J connectivity index is 4.12. The van der Waals surface area contributed by atoms with Crippen LogP contribution in [-0.2, 0) is 14.3 Å². The fourth-order valence-electron chi connectivity index (χ4n) is 1.38. The maximum absolute atomic E-state index is 12.0. The first-order valence-electron chi connectivity index (χ1n) is 6.31. The summed E-state index contributed by atoms with van der Waals surface area (Å²) in [5, 5.41) is 0. The number of hydrogen-bond acceptors (Lipinski definition) is 4. The minimum atomic E-state index is -0.141. The average molecular weight is 246 g/mol. The van der Waals surface area contributed by atoms with Crippen molar-refractivity contribution < 1.29 is 14.3 Å². The third-order valence-corrected chi connectivity index (χ3v) is 2.51. The topological polar surface area (TPSA) is 64.8 Å². The van der Waals surface area contributed by atoms with Crippen molar-refractivity contribution in [1.29, 1.82) is 0 Å². The van der Waals surface area contributed by atoms with E-state index < -0.39 is 0 Å². The van der Waals surface area contributed by atoms with E-state index in [1.165, 1.54) is 0 Å². The predicted molar refractivity (Wildman–Crippen MR) is 67.8 cm³/mol. The van der Waals surface area contributed by atoms with Crippen LogP contribution in [0.25, 0.3) is 0 Å². The largest absolute Gasteiger partial charge is 0.380 e. The monoisotopic (exact) mass is 246 g/mol. The highest BCUT2D eigenvalue weighted by atomic mass is 16.5. The van der Waals surface area contributed by atoms with Gasteiger partial charge in [0.05, 0.1) is 13.2 Å². The van der Waals surface area contributed by atoms with Crippen LogP contribution < -0.4 is 5.73 Å². The average Bonchev–Trinajstić information content (AvgIpc) is 2.35. The van der Waals surface area contributed by atoms with Crippen LogP contribution in [-0.4, -0.2) is 56.9 Å². The number of carbonyl (C=O) groups excluding carboxylic acids is 1. The number of nitrogens with two attached hydrogens (primary N) is 1. The first-order valence-corrected chi connectivity index (χ1v) is 6.31. The molecule has 0 aromatic heterocycles. The molecule has 0 aliphatic heterocycles. The summed E-state index contributed by atoms with van der Waals surface area (Å²) in [6, 6.07) is 0. The lowest BCUT2D eigenvalue weighted by Crippen LogP contribution is -2.41. The lowest BCUT2D eigenvalue weighted by Gasteiger charge is -2.25. The van der Waals surface area contributed by atoms with E-state index in [4.69, 9.17) is 15.2 Å². The summed E-state index contributed by atoms with van der Waals surface area (Å²) in [5.74, 6) is -0.0647. The van der Waals surface area contributed by atoms with Crippen molar-refractivity contribution in [2.24, 2.45) is 11.7 Å². The minimum absolute atomic E-state index is 0.0758. The van der Waals surface area contributed by atoms with Gasteiger partial charge in [0.2, 0.25) is 5.91 Å². The molecule has 0 aliphatic carbocycles. The summed E-state index contributed by atoms with van der Waals surface area (Å²) in [4.78, 5) is 13.8. The van der Waals surface area contributed by atoms with Gasteiger partial charge in [-0.25, -0.2) is 0 Å². The molecule has 0 rings (SSSR count). The molecule has 1 amide bonds. The van der Waals surface area contributed by atoms with Gasteiger partial charge in [0, 0.05) is 38.8 Å². The second-order valence-corrected chi connectivity index (χ2v) is 3.86. The zero-order chi connectivity index (χ0) is 13.1. The number of hydrogen-bond donors (Lipinski definition) is 1. The lowest BCUT2D eigenvalue weighted by molar-refractivity contribution is -0.136. The fourth-order valence-corrected chi connectivity index (χ4v) is 1.38. The first-order chi connectivity index (χ1) is 8.17. The molecule has 0 aliphatic rings. The maximum Gasteiger partial charge on any atom is 0.226 e. The van der Waals surface area contributed by atoms with Crippen molar-refractivity contribution in [3.63, 3.8) is 0 Å². The summed E-state index contributed by atoms with van der Waals surface area (Å²) < 4.78 is 10.5. The molecule has 0 saturated carbocycles. The van der Waals surface area contributed by atoms with Gasteiger partial charge in [0.15, 0.2) is 0 Å². The molecule has 5 nitrogen and oxygen atoms in total. The van der Waals surface area contributed by atoms with Gasteiger partial charge in [-0.1, -0.05) is 6.92 Å². The molecule has 1 unspecified atom stereocenters. The molecule has 0 fully saturated rings. The zero-order valence-corrected chi connectivity index (χ0v) is 11.3. The van der Waals surface area contributed by atoms with Crippen LogP contribution in [0.3, 0.4) is 0 Å². The molecule has 17 heavy (non-hydrogen) atoms. The highest BCUT2D eigenvalue weighted by Crippen LogP contribution is 2.01. The molecule has 0 radical (unpaired) electrons. The summed E-state index contributed by atoms with van der Waals surface area (Å²) in [5.41, 5.74) is 5.51. The molecule has 102 valence electrons. The highest BCUT2D eigenvalue weighted by molar-refractivity contribution is 5.78. The molecule has 0 saturated heterocycles. The lowest BCUT2D eigenvalue weighted by atomic mass is 10.1. The summed E-state index contributed by atoms with van der Waals surface area (Å²) in [6.45, 7) is 9.75. The quantitative estimate of drug-likeness (QED) is 0.570. The number of rotatable bonds is 10. The standard InChI is InChI=1S/C12H26N2O3/c1-4-16-8-6-14(7-9-17-5-2)12(15)11(3)10-13/h11H,4-10,13H2,1-3H3. The van der Waals surface area contributed by atoms with E-state index in [1.54, 1.807) is 4.90 Å². The van der Waals surface area contributed by atoms with E-state index in [2.05, 4.69) is 0 Å². The number of amides is 1. The van der Waals surface area contributed by atoms with Crippen molar-refractivity contribution in [1.82, 2.24) is 4.90 Å². The van der Waals surface area contributed by atoms with Crippen molar-refractivity contribution >= 4 is 5.91 Å².